The second kappa shape index (κ2) is 4.57. The molecule has 2 N–H and O–H groups in total. The Labute approximate surface area is 107 Å². The topological polar surface area (TPSA) is 46.3 Å². The zero-order valence-electron chi connectivity index (χ0n) is 10.2. The van der Waals surface area contributed by atoms with Crippen molar-refractivity contribution in [1.29, 1.82) is 0 Å². The molecule has 0 aromatic heterocycles. The third-order valence-electron chi connectivity index (χ3n) is 3.22. The predicted molar refractivity (Wildman–Crippen MR) is 71.5 cm³/mol. The Morgan fingerprint density at radius 1 is 1.47 bits per heavy atom. The highest BCUT2D eigenvalue weighted by Gasteiger charge is 2.31. The van der Waals surface area contributed by atoms with Crippen molar-refractivity contribution in [3.8, 4) is 0 Å². The maximum atomic E-state index is 11.9. The minimum absolute atomic E-state index is 0.118. The van der Waals surface area contributed by atoms with Gasteiger partial charge in [-0.3, -0.25) is 4.79 Å². The van der Waals surface area contributed by atoms with Gasteiger partial charge in [0.05, 0.1) is 11.4 Å². The number of rotatable bonds is 2. The number of nitrogens with zero attached hydrogens (tertiary/aromatic N) is 1. The van der Waals surface area contributed by atoms with Gasteiger partial charge in [-0.1, -0.05) is 6.07 Å². The van der Waals surface area contributed by atoms with Gasteiger partial charge in [0.15, 0.2) is 0 Å². The molecule has 17 heavy (non-hydrogen) atoms. The van der Waals surface area contributed by atoms with E-state index >= 15 is 0 Å². The van der Waals surface area contributed by atoms with E-state index in [-0.39, 0.29) is 11.8 Å². The number of anilines is 2. The Morgan fingerprint density at radius 3 is 2.76 bits per heavy atom. The van der Waals surface area contributed by atoms with Crippen LogP contribution in [0.4, 0.5) is 11.4 Å². The molecule has 92 valence electrons. The van der Waals surface area contributed by atoms with E-state index in [1.807, 2.05) is 26.0 Å². The molecule has 2 rings (SSSR count). The summed E-state index contributed by atoms with van der Waals surface area (Å²) in [6.45, 7) is 4.65. The van der Waals surface area contributed by atoms with Crippen molar-refractivity contribution >= 4 is 28.9 Å². The van der Waals surface area contributed by atoms with Gasteiger partial charge in [-0.2, -0.15) is 0 Å². The summed E-state index contributed by atoms with van der Waals surface area (Å²) < 4.78 is 0. The molecule has 1 amide bonds. The summed E-state index contributed by atoms with van der Waals surface area (Å²) in [6, 6.07) is 4.00. The SMILES string of the molecule is Cc1cc(C)c(N)c(N2CC(CCl)CC2=O)c1. The van der Waals surface area contributed by atoms with Crippen LogP contribution in [0.25, 0.3) is 0 Å². The second-order valence-electron chi connectivity index (χ2n) is 4.74. The van der Waals surface area contributed by atoms with Crippen LogP contribution in [-0.4, -0.2) is 18.3 Å². The molecule has 1 atom stereocenters. The fraction of sp³-hybridized carbons (Fsp3) is 0.462. The Balaban J connectivity index is 2.38. The van der Waals surface area contributed by atoms with E-state index in [0.29, 0.717) is 24.5 Å². The molecule has 0 spiro atoms. The minimum Gasteiger partial charge on any atom is -0.397 e. The molecular formula is C13H17ClN2O. The van der Waals surface area contributed by atoms with Gasteiger partial charge < -0.3 is 10.6 Å². The van der Waals surface area contributed by atoms with Crippen LogP contribution in [-0.2, 0) is 4.79 Å². The van der Waals surface area contributed by atoms with Crippen LogP contribution in [0.1, 0.15) is 17.5 Å². The predicted octanol–water partition coefficient (Wildman–Crippen LogP) is 2.48. The largest absolute Gasteiger partial charge is 0.397 e. The van der Waals surface area contributed by atoms with Crippen molar-refractivity contribution in [2.24, 2.45) is 5.92 Å². The molecule has 1 heterocycles. The molecular weight excluding hydrogens is 236 g/mol. The Kier molecular flexibility index (Phi) is 3.29. The lowest BCUT2D eigenvalue weighted by atomic mass is 10.1. The van der Waals surface area contributed by atoms with E-state index in [0.717, 1.165) is 16.8 Å². The number of aryl methyl sites for hydroxylation is 2. The highest BCUT2D eigenvalue weighted by Crippen LogP contribution is 2.33. The molecule has 1 aliphatic heterocycles. The van der Waals surface area contributed by atoms with Crippen molar-refractivity contribution in [2.45, 2.75) is 20.3 Å². The van der Waals surface area contributed by atoms with Crippen molar-refractivity contribution in [3.63, 3.8) is 0 Å². The Hall–Kier alpha value is -1.22. The lowest BCUT2D eigenvalue weighted by Crippen LogP contribution is -2.26. The normalized spacial score (nSPS) is 20.1. The average molecular weight is 253 g/mol. The number of carbonyl (C=O) groups excluding carboxylic acids is 1. The molecule has 1 aromatic carbocycles. The average Bonchev–Trinajstić information content (AvgIpc) is 2.65. The molecule has 1 fully saturated rings. The van der Waals surface area contributed by atoms with Gasteiger partial charge in [-0.15, -0.1) is 11.6 Å². The molecule has 1 saturated heterocycles. The first-order valence-electron chi connectivity index (χ1n) is 5.76. The number of nitrogens with two attached hydrogens (primary N) is 1. The van der Waals surface area contributed by atoms with Gasteiger partial charge in [0.1, 0.15) is 0 Å². The van der Waals surface area contributed by atoms with Crippen molar-refractivity contribution in [3.05, 3.63) is 23.3 Å². The van der Waals surface area contributed by atoms with Crippen LogP contribution in [0, 0.1) is 19.8 Å². The molecule has 1 aromatic rings. The van der Waals surface area contributed by atoms with Gasteiger partial charge >= 0.3 is 0 Å². The fourth-order valence-corrected chi connectivity index (χ4v) is 2.50. The molecule has 1 unspecified atom stereocenters. The van der Waals surface area contributed by atoms with Gasteiger partial charge in [-0.05, 0) is 37.0 Å². The van der Waals surface area contributed by atoms with Crippen LogP contribution < -0.4 is 10.6 Å². The smallest absolute Gasteiger partial charge is 0.227 e. The van der Waals surface area contributed by atoms with Gasteiger partial charge in [-0.25, -0.2) is 0 Å². The number of amides is 1. The number of nitrogen functional groups attached to an aromatic ring is 1. The first kappa shape index (κ1) is 12.2. The van der Waals surface area contributed by atoms with E-state index in [1.165, 1.54) is 0 Å². The van der Waals surface area contributed by atoms with Gasteiger partial charge in [0, 0.05) is 18.8 Å². The highest BCUT2D eigenvalue weighted by molar-refractivity contribution is 6.18. The molecule has 0 radical (unpaired) electrons. The van der Waals surface area contributed by atoms with E-state index in [1.54, 1.807) is 4.90 Å². The Bertz CT molecular complexity index is 459. The zero-order chi connectivity index (χ0) is 12.6. The quantitative estimate of drug-likeness (QED) is 0.649. The van der Waals surface area contributed by atoms with Crippen molar-refractivity contribution < 1.29 is 4.79 Å². The number of halogens is 1. The first-order chi connectivity index (χ1) is 8.02. The highest BCUT2D eigenvalue weighted by atomic mass is 35.5. The number of hydrogen-bond acceptors (Lipinski definition) is 2. The van der Waals surface area contributed by atoms with E-state index in [2.05, 4.69) is 0 Å². The second-order valence-corrected chi connectivity index (χ2v) is 5.05. The maximum Gasteiger partial charge on any atom is 0.227 e. The standard InChI is InChI=1S/C13H17ClN2O/c1-8-3-9(2)13(15)11(4-8)16-7-10(6-14)5-12(16)17/h3-4,10H,5-7,15H2,1-2H3. The summed E-state index contributed by atoms with van der Waals surface area (Å²) in [6.07, 6.45) is 0.524. The molecule has 0 bridgehead atoms. The van der Waals surface area contributed by atoms with Crippen LogP contribution in [0.5, 0.6) is 0 Å². The monoisotopic (exact) mass is 252 g/mol. The molecule has 0 aliphatic carbocycles. The number of alkyl halides is 1. The summed E-state index contributed by atoms with van der Waals surface area (Å²) in [5.41, 5.74) is 9.72. The summed E-state index contributed by atoms with van der Waals surface area (Å²) in [7, 11) is 0. The van der Waals surface area contributed by atoms with Crippen LogP contribution in [0.3, 0.4) is 0 Å². The van der Waals surface area contributed by atoms with Gasteiger partial charge in [0.2, 0.25) is 5.91 Å². The maximum absolute atomic E-state index is 11.9. The van der Waals surface area contributed by atoms with Crippen LogP contribution >= 0.6 is 11.6 Å². The molecule has 4 heteroatoms. The number of hydrogen-bond donors (Lipinski definition) is 1. The first-order valence-corrected chi connectivity index (χ1v) is 6.29. The molecule has 1 aliphatic rings. The van der Waals surface area contributed by atoms with Crippen molar-refractivity contribution in [1.82, 2.24) is 0 Å². The van der Waals surface area contributed by atoms with E-state index in [9.17, 15) is 4.79 Å². The van der Waals surface area contributed by atoms with E-state index < -0.39 is 0 Å². The lowest BCUT2D eigenvalue weighted by molar-refractivity contribution is -0.117. The zero-order valence-corrected chi connectivity index (χ0v) is 10.9. The summed E-state index contributed by atoms with van der Waals surface area (Å²) in [4.78, 5) is 13.7. The summed E-state index contributed by atoms with van der Waals surface area (Å²) in [5.74, 6) is 0.879. The minimum atomic E-state index is 0.118. The number of carbonyl (C=O) groups is 1. The third kappa shape index (κ3) is 2.25. The van der Waals surface area contributed by atoms with Crippen LogP contribution in [0.2, 0.25) is 0 Å². The summed E-state index contributed by atoms with van der Waals surface area (Å²) >= 11 is 5.82. The third-order valence-corrected chi connectivity index (χ3v) is 3.66. The lowest BCUT2D eigenvalue weighted by Gasteiger charge is -2.20. The Morgan fingerprint density at radius 2 is 2.18 bits per heavy atom. The van der Waals surface area contributed by atoms with E-state index in [4.69, 9.17) is 17.3 Å². The van der Waals surface area contributed by atoms with Crippen LogP contribution in [0.15, 0.2) is 12.1 Å². The molecule has 0 saturated carbocycles. The molecule has 3 nitrogen and oxygen atoms in total. The fourth-order valence-electron chi connectivity index (χ4n) is 2.30. The number of benzene rings is 1. The van der Waals surface area contributed by atoms with Gasteiger partial charge in [0.25, 0.3) is 0 Å². The summed E-state index contributed by atoms with van der Waals surface area (Å²) in [5, 5.41) is 0. The van der Waals surface area contributed by atoms with Crippen molar-refractivity contribution in [2.75, 3.05) is 23.1 Å².